The van der Waals surface area contributed by atoms with E-state index >= 15 is 0 Å². The van der Waals surface area contributed by atoms with Crippen LogP contribution in [-0.4, -0.2) is 50.0 Å². The number of ether oxygens (including phenoxy) is 1. The topological polar surface area (TPSA) is 70.7 Å². The molecule has 2 unspecified atom stereocenters. The van der Waals surface area contributed by atoms with Crippen LogP contribution in [0.15, 0.2) is 42.5 Å². The van der Waals surface area contributed by atoms with Crippen molar-refractivity contribution < 1.29 is 18.7 Å². The molecule has 6 nitrogen and oxygen atoms in total. The average molecular weight is 524 g/mol. The van der Waals surface area contributed by atoms with E-state index in [1.54, 1.807) is 37.4 Å². The molecule has 38 heavy (non-hydrogen) atoms. The van der Waals surface area contributed by atoms with Crippen molar-refractivity contribution in [1.82, 2.24) is 10.2 Å². The minimum absolute atomic E-state index is 0.0585. The zero-order chi connectivity index (χ0) is 27.1. The normalized spacial score (nSPS) is 18.0. The smallest absolute Gasteiger partial charge is 0.251 e. The van der Waals surface area contributed by atoms with Gasteiger partial charge in [-0.15, -0.1) is 0 Å². The van der Waals surface area contributed by atoms with Crippen molar-refractivity contribution >= 4 is 17.5 Å². The van der Waals surface area contributed by atoms with E-state index in [0.29, 0.717) is 55.7 Å². The molecule has 2 amide bonds. The van der Waals surface area contributed by atoms with E-state index in [1.165, 1.54) is 12.5 Å². The number of carbonyl (C=O) groups excluding carboxylic acids is 2. The number of anilines is 1. The monoisotopic (exact) mass is 523 g/mol. The first kappa shape index (κ1) is 27.9. The lowest BCUT2D eigenvalue weighted by molar-refractivity contribution is -0.139. The van der Waals surface area contributed by atoms with Crippen molar-refractivity contribution in [3.63, 3.8) is 0 Å². The molecule has 1 heterocycles. The summed E-state index contributed by atoms with van der Waals surface area (Å²) in [5, 5.41) is 6.41. The number of carbonyl (C=O) groups is 2. The number of halogens is 1. The van der Waals surface area contributed by atoms with Gasteiger partial charge in [-0.2, -0.15) is 0 Å². The fraction of sp³-hybridized carbons (Fsp3) is 0.548. The molecule has 0 radical (unpaired) electrons. The highest BCUT2D eigenvalue weighted by molar-refractivity contribution is 5.94. The second kappa shape index (κ2) is 13.1. The highest BCUT2D eigenvalue weighted by Crippen LogP contribution is 2.36. The maximum Gasteiger partial charge on any atom is 0.251 e. The molecule has 1 aliphatic carbocycles. The fourth-order valence-corrected chi connectivity index (χ4v) is 6.04. The van der Waals surface area contributed by atoms with Gasteiger partial charge in [-0.25, -0.2) is 4.39 Å². The van der Waals surface area contributed by atoms with Crippen LogP contribution in [0.3, 0.4) is 0 Å². The lowest BCUT2D eigenvalue weighted by Crippen LogP contribution is -2.44. The first-order valence-electron chi connectivity index (χ1n) is 14.1. The Morgan fingerprint density at radius 3 is 2.66 bits per heavy atom. The van der Waals surface area contributed by atoms with E-state index in [0.717, 1.165) is 36.9 Å². The lowest BCUT2D eigenvalue weighted by atomic mass is 9.77. The van der Waals surface area contributed by atoms with Gasteiger partial charge in [0.05, 0.1) is 7.11 Å². The van der Waals surface area contributed by atoms with Crippen LogP contribution in [0.1, 0.15) is 74.2 Å². The molecular formula is C31H42FN3O3. The summed E-state index contributed by atoms with van der Waals surface area (Å²) in [4.78, 5) is 29.0. The van der Waals surface area contributed by atoms with Gasteiger partial charge in [-0.1, -0.05) is 39.2 Å². The summed E-state index contributed by atoms with van der Waals surface area (Å²) in [7, 11) is 1.58. The molecule has 0 spiro atoms. The Kier molecular flexibility index (Phi) is 9.64. The van der Waals surface area contributed by atoms with Gasteiger partial charge in [0.1, 0.15) is 11.6 Å². The van der Waals surface area contributed by atoms with Gasteiger partial charge < -0.3 is 20.3 Å². The summed E-state index contributed by atoms with van der Waals surface area (Å²) >= 11 is 0. The summed E-state index contributed by atoms with van der Waals surface area (Å²) in [6, 6.07) is 12.0. The largest absolute Gasteiger partial charge is 0.497 e. The molecule has 2 atom stereocenters. The van der Waals surface area contributed by atoms with Crippen LogP contribution in [0.5, 0.6) is 5.75 Å². The Balaban J connectivity index is 1.47. The number of methoxy groups -OCH3 is 1. The number of hydrogen-bond acceptors (Lipinski definition) is 4. The predicted octanol–water partition coefficient (Wildman–Crippen LogP) is 5.84. The maximum absolute atomic E-state index is 14.2. The zero-order valence-corrected chi connectivity index (χ0v) is 23.0. The summed E-state index contributed by atoms with van der Waals surface area (Å²) in [6.07, 6.45) is 6.23. The number of fused-ring (bicyclic) bond motifs is 1. The van der Waals surface area contributed by atoms with Crippen molar-refractivity contribution in [2.45, 2.75) is 58.3 Å². The van der Waals surface area contributed by atoms with Crippen molar-refractivity contribution in [2.24, 2.45) is 17.8 Å². The van der Waals surface area contributed by atoms with E-state index in [4.69, 9.17) is 4.74 Å². The predicted molar refractivity (Wildman–Crippen MR) is 149 cm³/mol. The Morgan fingerprint density at radius 1 is 1.13 bits per heavy atom. The first-order valence-corrected chi connectivity index (χ1v) is 14.1. The van der Waals surface area contributed by atoms with Crippen molar-refractivity contribution in [3.05, 3.63) is 59.4 Å². The number of rotatable bonds is 11. The third-order valence-electron chi connectivity index (χ3n) is 7.94. The van der Waals surface area contributed by atoms with Gasteiger partial charge in [0.2, 0.25) is 5.91 Å². The summed E-state index contributed by atoms with van der Waals surface area (Å²) in [5.74, 6) is 0.973. The summed E-state index contributed by atoms with van der Waals surface area (Å²) < 4.78 is 19.3. The Labute approximate surface area is 226 Å². The van der Waals surface area contributed by atoms with Crippen LogP contribution in [0.2, 0.25) is 0 Å². The van der Waals surface area contributed by atoms with Gasteiger partial charge in [0, 0.05) is 49.3 Å². The molecule has 0 saturated heterocycles. The maximum atomic E-state index is 14.2. The Hall–Kier alpha value is -3.09. The minimum Gasteiger partial charge on any atom is -0.497 e. The van der Waals surface area contributed by atoms with Gasteiger partial charge in [-0.05, 0) is 73.1 Å². The summed E-state index contributed by atoms with van der Waals surface area (Å²) in [6.45, 7) is 6.64. The number of hydrogen-bond donors (Lipinski definition) is 2. The molecule has 4 rings (SSSR count). The fourth-order valence-electron chi connectivity index (χ4n) is 6.04. The van der Waals surface area contributed by atoms with Crippen LogP contribution in [-0.2, 0) is 4.79 Å². The van der Waals surface area contributed by atoms with E-state index in [2.05, 4.69) is 24.5 Å². The highest BCUT2D eigenvalue weighted by Gasteiger charge is 2.35. The van der Waals surface area contributed by atoms with Crippen molar-refractivity contribution in [1.29, 1.82) is 0 Å². The molecule has 1 saturated carbocycles. The molecule has 7 heteroatoms. The SMILES string of the molecule is COc1cccc(C(=O)NCCC(C(=O)N(CC(C)C)CC2CNc3ccc(F)cc32)C2CCCCC2)c1. The van der Waals surface area contributed by atoms with Gasteiger partial charge in [-0.3, -0.25) is 9.59 Å². The molecule has 2 aromatic carbocycles. The van der Waals surface area contributed by atoms with E-state index in [1.807, 2.05) is 11.0 Å². The van der Waals surface area contributed by atoms with E-state index in [-0.39, 0.29) is 29.5 Å². The number of nitrogens with zero attached hydrogens (tertiary/aromatic N) is 1. The standard InChI is InChI=1S/C31H42FN3O3/c1-21(2)19-35(20-24-18-34-29-13-12-25(32)17-28(24)29)31(37)27(22-8-5-4-6-9-22)14-15-33-30(36)23-10-7-11-26(16-23)38-3/h7,10-13,16-17,21-22,24,27,34H,4-6,8-9,14-15,18-20H2,1-3H3,(H,33,36). The second-order valence-electron chi connectivity index (χ2n) is 11.2. The molecule has 1 fully saturated rings. The van der Waals surface area contributed by atoms with Crippen molar-refractivity contribution in [3.8, 4) is 5.75 Å². The molecular weight excluding hydrogens is 481 g/mol. The quantitative estimate of drug-likeness (QED) is 0.388. The van der Waals surface area contributed by atoms with Gasteiger partial charge in [0.25, 0.3) is 5.91 Å². The van der Waals surface area contributed by atoms with Crippen LogP contribution in [0.25, 0.3) is 0 Å². The first-order chi connectivity index (χ1) is 18.4. The molecule has 2 aliphatic rings. The third kappa shape index (κ3) is 7.06. The lowest BCUT2D eigenvalue weighted by Gasteiger charge is -2.36. The van der Waals surface area contributed by atoms with Crippen LogP contribution in [0.4, 0.5) is 10.1 Å². The molecule has 0 aromatic heterocycles. The van der Waals surface area contributed by atoms with E-state index in [9.17, 15) is 14.0 Å². The van der Waals surface area contributed by atoms with Gasteiger partial charge >= 0.3 is 0 Å². The average Bonchev–Trinajstić information content (AvgIpc) is 3.32. The minimum atomic E-state index is -0.244. The second-order valence-corrected chi connectivity index (χ2v) is 11.2. The number of amides is 2. The molecule has 206 valence electrons. The number of benzene rings is 2. The Morgan fingerprint density at radius 2 is 1.92 bits per heavy atom. The molecule has 2 aromatic rings. The van der Waals surface area contributed by atoms with Crippen LogP contribution in [0, 0.1) is 23.6 Å². The zero-order valence-electron chi connectivity index (χ0n) is 23.0. The van der Waals surface area contributed by atoms with E-state index < -0.39 is 0 Å². The number of nitrogens with one attached hydrogen (secondary N) is 2. The summed E-state index contributed by atoms with van der Waals surface area (Å²) in [5.41, 5.74) is 2.45. The van der Waals surface area contributed by atoms with Gasteiger partial charge in [0.15, 0.2) is 0 Å². The molecule has 0 bridgehead atoms. The van der Waals surface area contributed by atoms with Crippen molar-refractivity contribution in [2.75, 3.05) is 38.6 Å². The van der Waals surface area contributed by atoms with Crippen LogP contribution < -0.4 is 15.4 Å². The third-order valence-corrected chi connectivity index (χ3v) is 7.94. The van der Waals surface area contributed by atoms with Crippen LogP contribution >= 0.6 is 0 Å². The molecule has 1 aliphatic heterocycles. The highest BCUT2D eigenvalue weighted by atomic mass is 19.1. The Bertz CT molecular complexity index is 1100. The molecule has 2 N–H and O–H groups in total.